The lowest BCUT2D eigenvalue weighted by Gasteiger charge is -2.16. The highest BCUT2D eigenvalue weighted by Gasteiger charge is 2.23. The topological polar surface area (TPSA) is 195 Å². The Morgan fingerprint density at radius 2 is 1.77 bits per heavy atom. The number of nitrogens with zero attached hydrogens (tertiary/aromatic N) is 4. The highest BCUT2D eigenvalue weighted by molar-refractivity contribution is 5.98. The molecule has 0 aliphatic carbocycles. The second-order valence-electron chi connectivity index (χ2n) is 8.03. The zero-order valence-corrected chi connectivity index (χ0v) is 18.7. The molecule has 2 aromatic heterocycles. The van der Waals surface area contributed by atoms with Crippen LogP contribution >= 0.6 is 0 Å². The van der Waals surface area contributed by atoms with Crippen molar-refractivity contribution in [3.63, 3.8) is 0 Å². The van der Waals surface area contributed by atoms with E-state index in [1.165, 1.54) is 0 Å². The number of aliphatic carboxylic acids is 2. The number of fused-ring (bicyclic) bond motifs is 1. The average molecular weight is 476 g/mol. The molecule has 0 unspecified atom stereocenters. The first-order valence-electron chi connectivity index (χ1n) is 10.7. The van der Waals surface area contributed by atoms with E-state index >= 15 is 0 Å². The maximum atomic E-state index is 12.6. The molecule has 0 amide bonds. The molecule has 0 aliphatic heterocycles. The molecule has 11 nitrogen and oxygen atoms in total. The smallest absolute Gasteiger partial charge is 0.306 e. The minimum absolute atomic E-state index is 0.00783. The van der Waals surface area contributed by atoms with Crippen LogP contribution in [-0.2, 0) is 16.0 Å². The van der Waals surface area contributed by atoms with Crippen LogP contribution in [0.5, 0.6) is 0 Å². The van der Waals surface area contributed by atoms with Crippen molar-refractivity contribution in [1.82, 2.24) is 19.9 Å². The summed E-state index contributed by atoms with van der Waals surface area (Å²) >= 11 is 0. The zero-order chi connectivity index (χ0) is 25.5. The number of carboxylic acids is 2. The number of terminal acetylenes is 1. The molecule has 2 atom stereocenters. The van der Waals surface area contributed by atoms with Crippen molar-refractivity contribution in [2.24, 2.45) is 5.92 Å². The van der Waals surface area contributed by atoms with Gasteiger partial charge in [-0.1, -0.05) is 24.3 Å². The van der Waals surface area contributed by atoms with E-state index in [1.807, 2.05) is 0 Å². The van der Waals surface area contributed by atoms with Crippen LogP contribution in [-0.4, -0.2) is 47.9 Å². The van der Waals surface area contributed by atoms with Crippen LogP contribution in [0.4, 0.5) is 11.8 Å². The summed E-state index contributed by atoms with van der Waals surface area (Å²) in [7, 11) is 0. The average Bonchev–Trinajstić information content (AvgIpc) is 2.81. The number of aromatic nitrogens is 4. The van der Waals surface area contributed by atoms with Gasteiger partial charge < -0.3 is 21.7 Å². The van der Waals surface area contributed by atoms with Crippen LogP contribution < -0.4 is 11.5 Å². The highest BCUT2D eigenvalue weighted by atomic mass is 16.4. The number of hydrogen-bond donors (Lipinski definition) is 4. The monoisotopic (exact) mass is 476 g/mol. The first-order valence-corrected chi connectivity index (χ1v) is 10.7. The van der Waals surface area contributed by atoms with E-state index in [0.29, 0.717) is 29.6 Å². The number of nitrogens with two attached hydrogens (primary N) is 2. The van der Waals surface area contributed by atoms with Crippen LogP contribution in [0, 0.1) is 18.3 Å². The second-order valence-corrected chi connectivity index (χ2v) is 8.03. The second kappa shape index (κ2) is 11.0. The molecule has 11 heteroatoms. The van der Waals surface area contributed by atoms with Gasteiger partial charge >= 0.3 is 11.9 Å². The molecular weight excluding hydrogens is 452 g/mol. The van der Waals surface area contributed by atoms with E-state index < -0.39 is 17.9 Å². The molecule has 0 fully saturated rings. The Morgan fingerprint density at radius 1 is 1.06 bits per heavy atom. The van der Waals surface area contributed by atoms with Gasteiger partial charge in [0, 0.05) is 30.7 Å². The van der Waals surface area contributed by atoms with E-state index in [1.54, 1.807) is 30.5 Å². The summed E-state index contributed by atoms with van der Waals surface area (Å²) in [6.07, 6.45) is 7.27. The van der Waals surface area contributed by atoms with Gasteiger partial charge in [0.2, 0.25) is 5.95 Å². The first kappa shape index (κ1) is 25.0. The predicted molar refractivity (Wildman–Crippen MR) is 127 cm³/mol. The molecule has 6 N–H and O–H groups in total. The third-order valence-corrected chi connectivity index (χ3v) is 5.51. The molecule has 0 spiro atoms. The predicted octanol–water partition coefficient (Wildman–Crippen LogP) is 2.07. The van der Waals surface area contributed by atoms with Crippen molar-refractivity contribution >= 4 is 40.7 Å². The lowest BCUT2D eigenvalue weighted by Crippen LogP contribution is -2.19. The molecule has 2 heterocycles. The molecule has 3 rings (SSSR count). The Bertz CT molecular complexity index is 1300. The van der Waals surface area contributed by atoms with E-state index in [2.05, 4.69) is 25.9 Å². The lowest BCUT2D eigenvalue weighted by atomic mass is 9.89. The fourth-order valence-electron chi connectivity index (χ4n) is 3.68. The fraction of sp³-hybridized carbons (Fsp3) is 0.292. The van der Waals surface area contributed by atoms with Gasteiger partial charge in [-0.25, -0.2) is 9.97 Å². The molecule has 180 valence electrons. The van der Waals surface area contributed by atoms with Crippen molar-refractivity contribution in [3.8, 4) is 12.3 Å². The van der Waals surface area contributed by atoms with Crippen molar-refractivity contribution < 1.29 is 24.6 Å². The molecule has 0 aliphatic rings. The van der Waals surface area contributed by atoms with Crippen molar-refractivity contribution in [2.45, 2.75) is 38.0 Å². The van der Waals surface area contributed by atoms with Gasteiger partial charge in [-0.2, -0.15) is 9.97 Å². The van der Waals surface area contributed by atoms with Crippen molar-refractivity contribution in [1.29, 1.82) is 0 Å². The summed E-state index contributed by atoms with van der Waals surface area (Å²) in [5, 5.41) is 18.1. The largest absolute Gasteiger partial charge is 0.481 e. The molecule has 35 heavy (non-hydrogen) atoms. The number of Topliss-reactive ketones (excluding diaryl/α,β-unsaturated/α-hetero) is 1. The number of anilines is 2. The van der Waals surface area contributed by atoms with Gasteiger partial charge in [0.05, 0.1) is 17.8 Å². The molecule has 0 radical (unpaired) electrons. The summed E-state index contributed by atoms with van der Waals surface area (Å²) < 4.78 is 0. The van der Waals surface area contributed by atoms with E-state index in [9.17, 15) is 19.5 Å². The van der Waals surface area contributed by atoms with E-state index in [4.69, 9.17) is 23.0 Å². The normalized spacial score (nSPS) is 12.5. The highest BCUT2D eigenvalue weighted by Crippen LogP contribution is 2.26. The maximum Gasteiger partial charge on any atom is 0.306 e. The van der Waals surface area contributed by atoms with Gasteiger partial charge in [-0.05, 0) is 18.4 Å². The third-order valence-electron chi connectivity index (χ3n) is 5.51. The standard InChI is InChI=1S/C24H24N6O5/c1-2-3-15(10-17-12-27-22-20(28-17)21(25)29-24(26)30-22)13-4-6-14(7-5-13)18(31)11-16(23(34)35)8-9-19(32)33/h1,4-7,12,15-16H,3,8-11H2,(H,32,33)(H,34,35)(H4,25,26,27,29,30)/t15-,16-/m1/s1. The molecule has 1 aromatic carbocycles. The number of carboxylic acid groups (broad SMARTS) is 2. The Hall–Kier alpha value is -4.59. The van der Waals surface area contributed by atoms with Crippen LogP contribution in [0.15, 0.2) is 30.5 Å². The number of ketones is 1. The summed E-state index contributed by atoms with van der Waals surface area (Å²) in [5.41, 5.74) is 13.9. The van der Waals surface area contributed by atoms with Gasteiger partial charge in [0.15, 0.2) is 22.8 Å². The van der Waals surface area contributed by atoms with Gasteiger partial charge in [-0.3, -0.25) is 14.4 Å². The van der Waals surface area contributed by atoms with E-state index in [0.717, 1.165) is 5.56 Å². The zero-order valence-electron chi connectivity index (χ0n) is 18.7. The summed E-state index contributed by atoms with van der Waals surface area (Å²) in [4.78, 5) is 51.4. The van der Waals surface area contributed by atoms with Crippen molar-refractivity contribution in [3.05, 3.63) is 47.3 Å². The number of benzene rings is 1. The molecule has 0 saturated heterocycles. The van der Waals surface area contributed by atoms with E-state index in [-0.39, 0.29) is 48.4 Å². The molecule has 0 bridgehead atoms. The molecular formula is C24H24N6O5. The fourth-order valence-corrected chi connectivity index (χ4v) is 3.68. The number of rotatable bonds is 11. The van der Waals surface area contributed by atoms with Gasteiger partial charge in [0.25, 0.3) is 0 Å². The Kier molecular flexibility index (Phi) is 7.88. The first-order chi connectivity index (χ1) is 16.7. The summed E-state index contributed by atoms with van der Waals surface area (Å²) in [5.74, 6) is -1.10. The third kappa shape index (κ3) is 6.48. The van der Waals surface area contributed by atoms with Crippen LogP contribution in [0.3, 0.4) is 0 Å². The quantitative estimate of drug-likeness (QED) is 0.233. The Balaban J connectivity index is 1.76. The minimum atomic E-state index is -1.20. The Labute approximate surface area is 200 Å². The van der Waals surface area contributed by atoms with Crippen molar-refractivity contribution in [2.75, 3.05) is 11.5 Å². The molecule has 0 saturated carbocycles. The summed E-state index contributed by atoms with van der Waals surface area (Å²) in [6.45, 7) is 0. The number of hydrogen-bond acceptors (Lipinski definition) is 9. The lowest BCUT2D eigenvalue weighted by molar-refractivity contribution is -0.142. The minimum Gasteiger partial charge on any atom is -0.481 e. The number of carbonyl (C=O) groups excluding carboxylic acids is 1. The number of nitrogen functional groups attached to an aromatic ring is 2. The SMILES string of the molecule is C#CC[C@H](Cc1cnc2nc(N)nc(N)c2n1)c1ccc(C(=O)C[C@@H](CCC(=O)O)C(=O)O)cc1. The van der Waals surface area contributed by atoms with Gasteiger partial charge in [-0.15, -0.1) is 12.3 Å². The number of carbonyl (C=O) groups is 3. The van der Waals surface area contributed by atoms with Crippen LogP contribution in [0.25, 0.3) is 11.2 Å². The van der Waals surface area contributed by atoms with Crippen LogP contribution in [0.1, 0.15) is 53.2 Å². The molecule has 3 aromatic rings. The van der Waals surface area contributed by atoms with Gasteiger partial charge in [0.1, 0.15) is 0 Å². The van der Waals surface area contributed by atoms with Crippen LogP contribution in [0.2, 0.25) is 0 Å². The Morgan fingerprint density at radius 3 is 2.40 bits per heavy atom. The summed E-state index contributed by atoms with van der Waals surface area (Å²) in [6, 6.07) is 6.74. The maximum absolute atomic E-state index is 12.6.